The molecule has 0 radical (unpaired) electrons. The van der Waals surface area contributed by atoms with E-state index in [0.717, 1.165) is 28.5 Å². The van der Waals surface area contributed by atoms with Crippen LogP contribution < -0.4 is 10.1 Å². The van der Waals surface area contributed by atoms with Gasteiger partial charge in [-0.05, 0) is 45.9 Å². The van der Waals surface area contributed by atoms with E-state index in [0.29, 0.717) is 23.7 Å². The Bertz CT molecular complexity index is 1260. The van der Waals surface area contributed by atoms with Crippen LogP contribution in [0.25, 0.3) is 22.4 Å². The number of carbonyl (C=O) groups excluding carboxylic acids is 1. The second kappa shape index (κ2) is 10.1. The summed E-state index contributed by atoms with van der Waals surface area (Å²) in [6.07, 6.45) is 0. The lowest BCUT2D eigenvalue weighted by Gasteiger charge is -2.11. The Morgan fingerprint density at radius 3 is 2.76 bits per heavy atom. The molecule has 0 bridgehead atoms. The van der Waals surface area contributed by atoms with E-state index in [2.05, 4.69) is 34.6 Å². The standard InChI is InChI=1S/C25H28N4O3S/c1-5-29-24(19-11-7-9-16(3)13-19)27-28-25(29)33-15-22(30)26-17(4)21-14-18-10-8-12-20(31-6-2)23(18)32-21/h7-14,17H,5-6,15H2,1-4H3,(H,26,30). The van der Waals surface area contributed by atoms with Gasteiger partial charge in [0.2, 0.25) is 5.91 Å². The molecule has 8 heteroatoms. The van der Waals surface area contributed by atoms with Crippen LogP contribution in [0.3, 0.4) is 0 Å². The molecule has 1 N–H and O–H groups in total. The van der Waals surface area contributed by atoms with Gasteiger partial charge in [0.1, 0.15) is 5.76 Å². The normalized spacial score (nSPS) is 12.1. The minimum absolute atomic E-state index is 0.0965. The molecule has 0 saturated heterocycles. The highest BCUT2D eigenvalue weighted by atomic mass is 32.2. The molecule has 0 saturated carbocycles. The molecule has 0 aliphatic heterocycles. The van der Waals surface area contributed by atoms with E-state index in [-0.39, 0.29) is 17.7 Å². The zero-order valence-corrected chi connectivity index (χ0v) is 20.1. The largest absolute Gasteiger partial charge is 0.490 e. The van der Waals surface area contributed by atoms with Gasteiger partial charge in [0.05, 0.1) is 18.4 Å². The molecule has 1 unspecified atom stereocenters. The number of furan rings is 1. The Balaban J connectivity index is 1.42. The summed E-state index contributed by atoms with van der Waals surface area (Å²) >= 11 is 1.38. The van der Waals surface area contributed by atoms with Crippen molar-refractivity contribution in [3.8, 4) is 17.1 Å². The fraction of sp³-hybridized carbons (Fsp3) is 0.320. The highest BCUT2D eigenvalue weighted by Gasteiger charge is 2.18. The molecule has 1 atom stereocenters. The third kappa shape index (κ3) is 5.06. The third-order valence-corrected chi connectivity index (χ3v) is 6.24. The predicted molar refractivity (Wildman–Crippen MR) is 131 cm³/mol. The first-order valence-electron chi connectivity index (χ1n) is 11.1. The van der Waals surface area contributed by atoms with Crippen molar-refractivity contribution in [2.24, 2.45) is 0 Å². The minimum atomic E-state index is -0.271. The molecule has 4 rings (SSSR count). The summed E-state index contributed by atoms with van der Waals surface area (Å²) in [5.41, 5.74) is 2.88. The number of benzene rings is 2. The first kappa shape index (κ1) is 22.9. The zero-order valence-electron chi connectivity index (χ0n) is 19.3. The van der Waals surface area contributed by atoms with E-state index in [1.807, 2.05) is 61.7 Å². The summed E-state index contributed by atoms with van der Waals surface area (Å²) in [5.74, 6) is 2.35. The summed E-state index contributed by atoms with van der Waals surface area (Å²) < 4.78 is 13.7. The summed E-state index contributed by atoms with van der Waals surface area (Å²) in [6, 6.07) is 15.6. The van der Waals surface area contributed by atoms with Gasteiger partial charge in [-0.3, -0.25) is 4.79 Å². The van der Waals surface area contributed by atoms with Crippen LogP contribution in [0.2, 0.25) is 0 Å². The van der Waals surface area contributed by atoms with Gasteiger partial charge >= 0.3 is 0 Å². The van der Waals surface area contributed by atoms with E-state index in [4.69, 9.17) is 9.15 Å². The fourth-order valence-corrected chi connectivity index (χ4v) is 4.51. The van der Waals surface area contributed by atoms with Crippen molar-refractivity contribution in [1.29, 1.82) is 0 Å². The number of aryl methyl sites for hydroxylation is 1. The number of nitrogens with one attached hydrogen (secondary N) is 1. The Morgan fingerprint density at radius 2 is 2.00 bits per heavy atom. The molecule has 1 amide bonds. The molecule has 172 valence electrons. The van der Waals surface area contributed by atoms with Crippen LogP contribution in [-0.2, 0) is 11.3 Å². The smallest absolute Gasteiger partial charge is 0.231 e. The molecule has 2 heterocycles. The number of hydrogen-bond donors (Lipinski definition) is 1. The molecule has 2 aromatic heterocycles. The van der Waals surface area contributed by atoms with Gasteiger partial charge in [-0.15, -0.1) is 10.2 Å². The molecular weight excluding hydrogens is 436 g/mol. The Labute approximate surface area is 197 Å². The van der Waals surface area contributed by atoms with E-state index in [1.165, 1.54) is 17.3 Å². The SMILES string of the molecule is CCOc1cccc2cc(C(C)NC(=O)CSc3nnc(-c4cccc(C)c4)n3CC)oc12. The maximum Gasteiger partial charge on any atom is 0.231 e. The van der Waals surface area contributed by atoms with Crippen molar-refractivity contribution >= 4 is 28.6 Å². The molecular formula is C25H28N4O3S. The molecule has 7 nitrogen and oxygen atoms in total. The second-order valence-corrected chi connectivity index (χ2v) is 8.70. The molecule has 33 heavy (non-hydrogen) atoms. The number of hydrogen-bond acceptors (Lipinski definition) is 6. The van der Waals surface area contributed by atoms with E-state index in [1.54, 1.807) is 0 Å². The average molecular weight is 465 g/mol. The maximum atomic E-state index is 12.7. The van der Waals surface area contributed by atoms with Crippen LogP contribution in [0.4, 0.5) is 0 Å². The van der Waals surface area contributed by atoms with Crippen LogP contribution in [0.15, 0.2) is 58.1 Å². The van der Waals surface area contributed by atoms with E-state index in [9.17, 15) is 4.79 Å². The lowest BCUT2D eigenvalue weighted by Crippen LogP contribution is -2.28. The van der Waals surface area contributed by atoms with Gasteiger partial charge in [-0.1, -0.05) is 47.7 Å². The van der Waals surface area contributed by atoms with Crippen LogP contribution in [-0.4, -0.2) is 33.0 Å². The lowest BCUT2D eigenvalue weighted by atomic mass is 10.1. The number of thioether (sulfide) groups is 1. The van der Waals surface area contributed by atoms with E-state index < -0.39 is 0 Å². The van der Waals surface area contributed by atoms with Crippen molar-refractivity contribution in [1.82, 2.24) is 20.1 Å². The van der Waals surface area contributed by atoms with Crippen LogP contribution in [0.1, 0.15) is 38.1 Å². The average Bonchev–Trinajstić information content (AvgIpc) is 3.42. The first-order chi connectivity index (χ1) is 16.0. The number of nitrogens with zero attached hydrogens (tertiary/aromatic N) is 3. The number of aromatic nitrogens is 3. The van der Waals surface area contributed by atoms with Crippen molar-refractivity contribution < 1.29 is 13.9 Å². The maximum absolute atomic E-state index is 12.7. The quantitative estimate of drug-likeness (QED) is 0.335. The number of carbonyl (C=O) groups is 1. The number of ether oxygens (including phenoxy) is 1. The van der Waals surface area contributed by atoms with Gasteiger partial charge < -0.3 is 19.0 Å². The number of rotatable bonds is 9. The van der Waals surface area contributed by atoms with Crippen molar-refractivity contribution in [3.63, 3.8) is 0 Å². The monoisotopic (exact) mass is 464 g/mol. The Hall–Kier alpha value is -3.26. The summed E-state index contributed by atoms with van der Waals surface area (Å²) in [5, 5.41) is 13.4. The predicted octanol–water partition coefficient (Wildman–Crippen LogP) is 5.39. The molecule has 4 aromatic rings. The van der Waals surface area contributed by atoms with Crippen molar-refractivity contribution in [2.75, 3.05) is 12.4 Å². The van der Waals surface area contributed by atoms with Gasteiger partial charge in [-0.25, -0.2) is 0 Å². The highest BCUT2D eigenvalue weighted by Crippen LogP contribution is 2.31. The zero-order chi connectivity index (χ0) is 23.4. The fourth-order valence-electron chi connectivity index (χ4n) is 3.70. The first-order valence-corrected chi connectivity index (χ1v) is 12.1. The van der Waals surface area contributed by atoms with Crippen molar-refractivity contribution in [3.05, 3.63) is 59.9 Å². The van der Waals surface area contributed by atoms with E-state index >= 15 is 0 Å². The van der Waals surface area contributed by atoms with Gasteiger partial charge in [0.25, 0.3) is 0 Å². The van der Waals surface area contributed by atoms with Crippen LogP contribution >= 0.6 is 11.8 Å². The second-order valence-electron chi connectivity index (χ2n) is 7.75. The Kier molecular flexibility index (Phi) is 7.03. The van der Waals surface area contributed by atoms with Crippen LogP contribution in [0.5, 0.6) is 5.75 Å². The molecule has 0 aliphatic carbocycles. The van der Waals surface area contributed by atoms with Crippen LogP contribution in [0, 0.1) is 6.92 Å². The van der Waals surface area contributed by atoms with Gasteiger partial charge in [0, 0.05) is 17.5 Å². The molecule has 0 spiro atoms. The lowest BCUT2D eigenvalue weighted by molar-refractivity contribution is -0.119. The topological polar surface area (TPSA) is 82.2 Å². The molecule has 0 fully saturated rings. The number of para-hydroxylation sites is 1. The third-order valence-electron chi connectivity index (χ3n) is 5.27. The minimum Gasteiger partial charge on any atom is -0.490 e. The summed E-state index contributed by atoms with van der Waals surface area (Å²) in [6.45, 7) is 9.23. The molecule has 2 aromatic carbocycles. The van der Waals surface area contributed by atoms with Crippen molar-refractivity contribution in [2.45, 2.75) is 45.4 Å². The number of amides is 1. The van der Waals surface area contributed by atoms with Gasteiger partial charge in [0.15, 0.2) is 22.3 Å². The van der Waals surface area contributed by atoms with Gasteiger partial charge in [-0.2, -0.15) is 0 Å². The highest BCUT2D eigenvalue weighted by molar-refractivity contribution is 7.99. The summed E-state index contributed by atoms with van der Waals surface area (Å²) in [7, 11) is 0. The summed E-state index contributed by atoms with van der Waals surface area (Å²) in [4.78, 5) is 12.7. The Morgan fingerprint density at radius 1 is 1.18 bits per heavy atom. The number of fused-ring (bicyclic) bond motifs is 1. The molecule has 0 aliphatic rings.